The Morgan fingerprint density at radius 2 is 2.00 bits per heavy atom. The van der Waals surface area contributed by atoms with Crippen molar-refractivity contribution in [2.24, 2.45) is 0 Å². The van der Waals surface area contributed by atoms with Gasteiger partial charge in [-0.05, 0) is 24.6 Å². The molecule has 0 saturated heterocycles. The van der Waals surface area contributed by atoms with Gasteiger partial charge in [0, 0.05) is 10.6 Å². The van der Waals surface area contributed by atoms with E-state index in [0.717, 1.165) is 5.56 Å². The van der Waals surface area contributed by atoms with Crippen molar-refractivity contribution in [1.82, 2.24) is 5.32 Å². The highest BCUT2D eigenvalue weighted by Crippen LogP contribution is 2.32. The topological polar surface area (TPSA) is 12.0 Å². The van der Waals surface area contributed by atoms with Gasteiger partial charge in [0.1, 0.15) is 0 Å². The molecule has 0 amide bonds. The van der Waals surface area contributed by atoms with Gasteiger partial charge in [-0.3, -0.25) is 0 Å². The normalized spacial score (nSPS) is 12.2. The van der Waals surface area contributed by atoms with Gasteiger partial charge in [-0.15, -0.1) is 0 Å². The molecule has 0 bridgehead atoms. The van der Waals surface area contributed by atoms with E-state index in [4.69, 9.17) is 11.6 Å². The largest absolute Gasteiger partial charge is 0.314 e. The van der Waals surface area contributed by atoms with Gasteiger partial charge in [0.15, 0.2) is 0 Å². The van der Waals surface area contributed by atoms with E-state index in [2.05, 4.69) is 5.32 Å². The van der Waals surface area contributed by atoms with Gasteiger partial charge in [0.2, 0.25) is 0 Å². The van der Waals surface area contributed by atoms with Crippen molar-refractivity contribution in [3.63, 3.8) is 0 Å². The Bertz CT molecular complexity index is 364. The summed E-state index contributed by atoms with van der Waals surface area (Å²) in [5.41, 5.74) is 0.849. The zero-order chi connectivity index (χ0) is 12.3. The van der Waals surface area contributed by atoms with Crippen LogP contribution in [0.25, 0.3) is 0 Å². The number of rotatable bonds is 4. The van der Waals surface area contributed by atoms with Gasteiger partial charge in [-0.2, -0.15) is 8.78 Å². The van der Waals surface area contributed by atoms with E-state index < -0.39 is 5.92 Å². The van der Waals surface area contributed by atoms with E-state index in [1.165, 1.54) is 19.2 Å². The van der Waals surface area contributed by atoms with Crippen LogP contribution >= 0.6 is 11.6 Å². The van der Waals surface area contributed by atoms with Crippen molar-refractivity contribution in [2.45, 2.75) is 25.7 Å². The Kier molecular flexibility index (Phi) is 4.28. The van der Waals surface area contributed by atoms with E-state index in [1.54, 1.807) is 6.07 Å². The quantitative estimate of drug-likeness (QED) is 0.854. The molecule has 1 aromatic rings. The monoisotopic (exact) mass is 247 g/mol. The predicted octanol–water partition coefficient (Wildman–Crippen LogP) is 3.77. The lowest BCUT2D eigenvalue weighted by Gasteiger charge is -2.18. The Hall–Kier alpha value is -0.670. The fourth-order valence-electron chi connectivity index (χ4n) is 1.55. The number of likely N-dealkylation sites (N-methyl/N-ethyl adjacent to an activating group) is 1. The lowest BCUT2D eigenvalue weighted by molar-refractivity contribution is -0.00126. The van der Waals surface area contributed by atoms with Crippen molar-refractivity contribution in [3.8, 4) is 0 Å². The first-order valence-electron chi connectivity index (χ1n) is 5.21. The van der Waals surface area contributed by atoms with E-state index in [-0.39, 0.29) is 18.0 Å². The summed E-state index contributed by atoms with van der Waals surface area (Å²) in [4.78, 5) is 0. The molecule has 0 aliphatic carbocycles. The molecule has 4 heteroatoms. The molecule has 1 nitrogen and oxygen atoms in total. The lowest BCUT2D eigenvalue weighted by atomic mass is 9.99. The van der Waals surface area contributed by atoms with Crippen LogP contribution in [-0.4, -0.2) is 13.6 Å². The van der Waals surface area contributed by atoms with Crippen LogP contribution in [0.5, 0.6) is 0 Å². The fraction of sp³-hybridized carbons (Fsp3) is 0.500. The maximum Gasteiger partial charge on any atom is 0.285 e. The molecule has 0 aromatic heterocycles. The third-order valence-electron chi connectivity index (χ3n) is 2.44. The van der Waals surface area contributed by atoms with E-state index in [1.807, 2.05) is 13.8 Å². The molecule has 0 atom stereocenters. The summed E-state index contributed by atoms with van der Waals surface area (Å²) in [6.07, 6.45) is 0. The molecule has 0 spiro atoms. The number of hydrogen-bond acceptors (Lipinski definition) is 1. The maximum absolute atomic E-state index is 13.5. The summed E-state index contributed by atoms with van der Waals surface area (Å²) in [7, 11) is 1.50. The SMILES string of the molecule is CNCC(F)(F)c1ccc(C(C)C)c(Cl)c1. The zero-order valence-corrected chi connectivity index (χ0v) is 10.4. The zero-order valence-electron chi connectivity index (χ0n) is 9.65. The summed E-state index contributed by atoms with van der Waals surface area (Å²) in [6.45, 7) is 3.57. The minimum absolute atomic E-state index is 0.0451. The van der Waals surface area contributed by atoms with Crippen LogP contribution in [-0.2, 0) is 5.92 Å². The smallest absolute Gasteiger partial charge is 0.285 e. The highest BCUT2D eigenvalue weighted by atomic mass is 35.5. The second kappa shape index (κ2) is 5.11. The molecule has 90 valence electrons. The Labute approximate surface area is 99.8 Å². The Morgan fingerprint density at radius 1 is 1.38 bits per heavy atom. The summed E-state index contributed by atoms with van der Waals surface area (Å²) in [6, 6.07) is 4.47. The molecule has 0 aliphatic rings. The summed E-state index contributed by atoms with van der Waals surface area (Å²) < 4.78 is 27.1. The van der Waals surface area contributed by atoms with Gasteiger partial charge < -0.3 is 5.32 Å². The minimum atomic E-state index is -2.88. The molecule has 16 heavy (non-hydrogen) atoms. The van der Waals surface area contributed by atoms with Crippen molar-refractivity contribution in [1.29, 1.82) is 0 Å². The average Bonchev–Trinajstić information content (AvgIpc) is 2.16. The predicted molar refractivity (Wildman–Crippen MR) is 63.4 cm³/mol. The van der Waals surface area contributed by atoms with Gasteiger partial charge in [0.05, 0.1) is 6.54 Å². The summed E-state index contributed by atoms with van der Waals surface area (Å²) in [5.74, 6) is -2.65. The van der Waals surface area contributed by atoms with Gasteiger partial charge >= 0.3 is 0 Å². The van der Waals surface area contributed by atoms with Crippen LogP contribution in [0.3, 0.4) is 0 Å². The van der Waals surface area contributed by atoms with Crippen LogP contribution in [0.15, 0.2) is 18.2 Å². The average molecular weight is 248 g/mol. The van der Waals surface area contributed by atoms with E-state index in [9.17, 15) is 8.78 Å². The first-order valence-corrected chi connectivity index (χ1v) is 5.58. The Balaban J connectivity index is 3.05. The van der Waals surface area contributed by atoms with Gasteiger partial charge in [0.25, 0.3) is 5.92 Å². The van der Waals surface area contributed by atoms with Crippen LogP contribution in [0.1, 0.15) is 30.9 Å². The minimum Gasteiger partial charge on any atom is -0.314 e. The second-order valence-corrected chi connectivity index (χ2v) is 4.53. The molecule has 0 heterocycles. The number of benzene rings is 1. The van der Waals surface area contributed by atoms with Crippen LogP contribution in [0.4, 0.5) is 8.78 Å². The van der Waals surface area contributed by atoms with E-state index in [0.29, 0.717) is 5.02 Å². The lowest BCUT2D eigenvalue weighted by Crippen LogP contribution is -2.28. The van der Waals surface area contributed by atoms with Crippen molar-refractivity contribution >= 4 is 11.6 Å². The van der Waals surface area contributed by atoms with E-state index >= 15 is 0 Å². The first-order chi connectivity index (χ1) is 7.38. The maximum atomic E-state index is 13.5. The summed E-state index contributed by atoms with van der Waals surface area (Å²) >= 11 is 5.98. The molecule has 1 rings (SSSR count). The van der Waals surface area contributed by atoms with Crippen molar-refractivity contribution in [2.75, 3.05) is 13.6 Å². The third-order valence-corrected chi connectivity index (χ3v) is 2.77. The van der Waals surface area contributed by atoms with Crippen molar-refractivity contribution < 1.29 is 8.78 Å². The molecule has 0 fully saturated rings. The second-order valence-electron chi connectivity index (χ2n) is 4.13. The molecule has 1 N–H and O–H groups in total. The molecule has 0 radical (unpaired) electrons. The van der Waals surface area contributed by atoms with Crippen molar-refractivity contribution in [3.05, 3.63) is 34.3 Å². The summed E-state index contributed by atoms with van der Waals surface area (Å²) in [5, 5.41) is 2.88. The molecular formula is C12H16ClF2N. The number of halogens is 3. The highest BCUT2D eigenvalue weighted by Gasteiger charge is 2.31. The van der Waals surface area contributed by atoms with Crippen LogP contribution in [0.2, 0.25) is 5.02 Å². The third kappa shape index (κ3) is 2.92. The fourth-order valence-corrected chi connectivity index (χ4v) is 1.95. The van der Waals surface area contributed by atoms with Gasteiger partial charge in [-0.1, -0.05) is 37.6 Å². The number of alkyl halides is 2. The highest BCUT2D eigenvalue weighted by molar-refractivity contribution is 6.31. The van der Waals surface area contributed by atoms with Crippen LogP contribution < -0.4 is 5.32 Å². The van der Waals surface area contributed by atoms with Gasteiger partial charge in [-0.25, -0.2) is 0 Å². The molecule has 1 aromatic carbocycles. The Morgan fingerprint density at radius 3 is 2.44 bits per heavy atom. The molecule has 0 unspecified atom stereocenters. The number of nitrogens with one attached hydrogen (secondary N) is 1. The molecule has 0 saturated carbocycles. The standard InChI is InChI=1S/C12H16ClF2N/c1-8(2)10-5-4-9(6-11(10)13)12(14,15)7-16-3/h4-6,8,16H,7H2,1-3H3. The van der Waals surface area contributed by atoms with Crippen LogP contribution in [0, 0.1) is 0 Å². The number of hydrogen-bond donors (Lipinski definition) is 1. The molecular weight excluding hydrogens is 232 g/mol. The first kappa shape index (κ1) is 13.4. The molecule has 0 aliphatic heterocycles.